The maximum atomic E-state index is 5.99. The van der Waals surface area contributed by atoms with E-state index in [4.69, 9.17) is 18.9 Å². The van der Waals surface area contributed by atoms with Crippen LogP contribution in [-0.2, 0) is 0 Å². The van der Waals surface area contributed by atoms with Gasteiger partial charge in [-0.05, 0) is 61.4 Å². The number of ether oxygens (including phenoxy) is 4. The molecular formula is C30H28N6O4. The molecule has 0 fully saturated rings. The van der Waals surface area contributed by atoms with E-state index in [1.807, 2.05) is 84.9 Å². The maximum Gasteiger partial charge on any atom is 0.162 e. The third kappa shape index (κ3) is 5.24. The number of benzene rings is 4. The maximum absolute atomic E-state index is 5.99. The molecule has 202 valence electrons. The molecule has 6 aromatic rings. The van der Waals surface area contributed by atoms with Gasteiger partial charge in [0.05, 0.1) is 38.8 Å². The second-order valence-corrected chi connectivity index (χ2v) is 9.03. The molecule has 0 bridgehead atoms. The number of unbranched alkanes of at least 4 members (excludes halogenated alkanes) is 1. The van der Waals surface area contributed by atoms with Crippen molar-refractivity contribution in [1.82, 2.24) is 30.0 Å². The van der Waals surface area contributed by atoms with E-state index >= 15 is 0 Å². The van der Waals surface area contributed by atoms with E-state index in [9.17, 15) is 0 Å². The summed E-state index contributed by atoms with van der Waals surface area (Å²) >= 11 is 0. The van der Waals surface area contributed by atoms with Gasteiger partial charge < -0.3 is 18.9 Å². The first-order valence-electron chi connectivity index (χ1n) is 13.0. The van der Waals surface area contributed by atoms with Crippen LogP contribution in [0.1, 0.15) is 12.8 Å². The average molecular weight is 537 g/mol. The molecule has 0 atom stereocenters. The highest BCUT2D eigenvalue weighted by Crippen LogP contribution is 2.31. The van der Waals surface area contributed by atoms with Gasteiger partial charge in [-0.1, -0.05) is 24.3 Å². The van der Waals surface area contributed by atoms with E-state index in [1.54, 1.807) is 23.8 Å². The van der Waals surface area contributed by atoms with Crippen molar-refractivity contribution in [3.8, 4) is 34.4 Å². The van der Waals surface area contributed by atoms with Crippen LogP contribution in [0.15, 0.2) is 84.9 Å². The fourth-order valence-electron chi connectivity index (χ4n) is 4.32. The Balaban J connectivity index is 1.02. The molecular weight excluding hydrogens is 508 g/mol. The topological polar surface area (TPSA) is 98.3 Å². The van der Waals surface area contributed by atoms with Gasteiger partial charge in [-0.25, -0.2) is 0 Å². The average Bonchev–Trinajstić information content (AvgIpc) is 3.63. The van der Waals surface area contributed by atoms with Crippen LogP contribution in [0.2, 0.25) is 0 Å². The summed E-state index contributed by atoms with van der Waals surface area (Å²) in [5.74, 6) is 2.58. The SMILES string of the molecule is COc1cc(-n2nc3ccccc3n2)ccc1OCCCCOc1ccc(-n2nc3ccccc3n2)cc1OC. The monoisotopic (exact) mass is 536 g/mol. The van der Waals surface area contributed by atoms with E-state index in [0.29, 0.717) is 36.2 Å². The van der Waals surface area contributed by atoms with Crippen molar-refractivity contribution in [2.75, 3.05) is 27.4 Å². The smallest absolute Gasteiger partial charge is 0.162 e. The van der Waals surface area contributed by atoms with Crippen molar-refractivity contribution in [1.29, 1.82) is 0 Å². The number of rotatable bonds is 11. The standard InChI is InChI=1S/C30H28N6O4/c1-37-29-19-21(35-31-23-9-3-4-10-24(23)32-35)13-15-27(29)39-17-7-8-18-40-28-16-14-22(20-30(28)38-2)36-33-25-11-5-6-12-26(25)34-36/h3-6,9-16,19-20H,7-8,17-18H2,1-2H3. The van der Waals surface area contributed by atoms with Crippen LogP contribution in [0.3, 0.4) is 0 Å². The predicted molar refractivity (Wildman–Crippen MR) is 151 cm³/mol. The summed E-state index contributed by atoms with van der Waals surface area (Å²) in [7, 11) is 3.24. The third-order valence-electron chi connectivity index (χ3n) is 6.38. The molecule has 10 heteroatoms. The highest BCUT2D eigenvalue weighted by Gasteiger charge is 2.12. The highest BCUT2D eigenvalue weighted by molar-refractivity contribution is 5.74. The molecule has 40 heavy (non-hydrogen) atoms. The first kappa shape index (κ1) is 25.2. The largest absolute Gasteiger partial charge is 0.493 e. The van der Waals surface area contributed by atoms with Gasteiger partial charge in [-0.15, -0.1) is 20.4 Å². The molecule has 0 unspecified atom stereocenters. The predicted octanol–water partition coefficient (Wildman–Crippen LogP) is 5.41. The van der Waals surface area contributed by atoms with Gasteiger partial charge in [0.15, 0.2) is 23.0 Å². The van der Waals surface area contributed by atoms with Gasteiger partial charge >= 0.3 is 0 Å². The van der Waals surface area contributed by atoms with E-state index in [2.05, 4.69) is 20.4 Å². The third-order valence-corrected chi connectivity index (χ3v) is 6.38. The van der Waals surface area contributed by atoms with Gasteiger partial charge in [0.1, 0.15) is 22.1 Å². The Morgan fingerprint density at radius 2 is 0.875 bits per heavy atom. The summed E-state index contributed by atoms with van der Waals surface area (Å²) in [6.07, 6.45) is 1.61. The fourth-order valence-corrected chi connectivity index (χ4v) is 4.32. The quantitative estimate of drug-likeness (QED) is 0.203. The van der Waals surface area contributed by atoms with E-state index in [1.165, 1.54) is 0 Å². The molecule has 0 aliphatic carbocycles. The Bertz CT molecular complexity index is 1570. The minimum absolute atomic E-state index is 0.525. The molecule has 6 rings (SSSR count). The number of methoxy groups -OCH3 is 2. The molecule has 0 saturated carbocycles. The van der Waals surface area contributed by atoms with Gasteiger partial charge in [0.25, 0.3) is 0 Å². The molecule has 0 amide bonds. The molecule has 0 radical (unpaired) electrons. The molecule has 0 N–H and O–H groups in total. The van der Waals surface area contributed by atoms with Crippen LogP contribution >= 0.6 is 0 Å². The molecule has 0 saturated heterocycles. The number of hydrogen-bond donors (Lipinski definition) is 0. The zero-order valence-electron chi connectivity index (χ0n) is 22.2. The summed E-state index contributed by atoms with van der Waals surface area (Å²) in [4.78, 5) is 3.20. The van der Waals surface area contributed by atoms with Crippen LogP contribution in [0.4, 0.5) is 0 Å². The van der Waals surface area contributed by atoms with Gasteiger partial charge in [-0.2, -0.15) is 9.59 Å². The lowest BCUT2D eigenvalue weighted by atomic mass is 10.2. The van der Waals surface area contributed by atoms with E-state index < -0.39 is 0 Å². The van der Waals surface area contributed by atoms with Crippen molar-refractivity contribution in [2.45, 2.75) is 12.8 Å². The Kier molecular flexibility index (Phi) is 7.12. The molecule has 4 aromatic carbocycles. The molecule has 2 aromatic heterocycles. The molecule has 0 aliphatic rings. The van der Waals surface area contributed by atoms with Gasteiger partial charge in [0.2, 0.25) is 0 Å². The molecule has 0 aliphatic heterocycles. The van der Waals surface area contributed by atoms with Crippen molar-refractivity contribution in [3.05, 3.63) is 84.9 Å². The fraction of sp³-hybridized carbons (Fsp3) is 0.200. The minimum Gasteiger partial charge on any atom is -0.493 e. The van der Waals surface area contributed by atoms with Crippen LogP contribution < -0.4 is 18.9 Å². The Hall–Kier alpha value is -5.12. The first-order chi connectivity index (χ1) is 19.7. The zero-order valence-corrected chi connectivity index (χ0v) is 22.2. The van der Waals surface area contributed by atoms with Crippen LogP contribution in [0, 0.1) is 0 Å². The minimum atomic E-state index is 0.525. The molecule has 10 nitrogen and oxygen atoms in total. The number of hydrogen-bond acceptors (Lipinski definition) is 8. The summed E-state index contributed by atoms with van der Waals surface area (Å²) in [6.45, 7) is 1.05. The Morgan fingerprint density at radius 3 is 1.23 bits per heavy atom. The first-order valence-corrected chi connectivity index (χ1v) is 13.0. The van der Waals surface area contributed by atoms with E-state index in [0.717, 1.165) is 46.3 Å². The normalized spacial score (nSPS) is 11.2. The van der Waals surface area contributed by atoms with Crippen molar-refractivity contribution in [3.63, 3.8) is 0 Å². The van der Waals surface area contributed by atoms with E-state index in [-0.39, 0.29) is 0 Å². The lowest BCUT2D eigenvalue weighted by Gasteiger charge is -2.13. The van der Waals surface area contributed by atoms with Gasteiger partial charge in [-0.3, -0.25) is 0 Å². The highest BCUT2D eigenvalue weighted by atomic mass is 16.5. The Morgan fingerprint density at radius 1 is 0.500 bits per heavy atom. The van der Waals surface area contributed by atoms with Crippen molar-refractivity contribution in [2.24, 2.45) is 0 Å². The second kappa shape index (κ2) is 11.3. The van der Waals surface area contributed by atoms with Gasteiger partial charge in [0, 0.05) is 12.1 Å². The molecule has 0 spiro atoms. The lowest BCUT2D eigenvalue weighted by molar-refractivity contribution is 0.252. The number of nitrogens with zero attached hydrogens (tertiary/aromatic N) is 6. The van der Waals surface area contributed by atoms with Crippen LogP contribution in [-0.4, -0.2) is 57.4 Å². The summed E-state index contributed by atoms with van der Waals surface area (Å²) in [5, 5.41) is 18.1. The number of aromatic nitrogens is 6. The second-order valence-electron chi connectivity index (χ2n) is 9.03. The molecule has 2 heterocycles. The lowest BCUT2D eigenvalue weighted by Crippen LogP contribution is -2.05. The Labute approximate surface area is 230 Å². The van der Waals surface area contributed by atoms with Crippen molar-refractivity contribution < 1.29 is 18.9 Å². The summed E-state index contributed by atoms with van der Waals surface area (Å²) in [5.41, 5.74) is 4.93. The number of fused-ring (bicyclic) bond motifs is 2. The summed E-state index contributed by atoms with van der Waals surface area (Å²) < 4.78 is 23.1. The van der Waals surface area contributed by atoms with Crippen LogP contribution in [0.25, 0.3) is 33.4 Å². The van der Waals surface area contributed by atoms with Crippen molar-refractivity contribution >= 4 is 22.1 Å². The zero-order chi connectivity index (χ0) is 27.3. The summed E-state index contributed by atoms with van der Waals surface area (Å²) in [6, 6.07) is 26.8. The van der Waals surface area contributed by atoms with Crippen LogP contribution in [0.5, 0.6) is 23.0 Å².